The Balaban J connectivity index is 1.26. The summed E-state index contributed by atoms with van der Waals surface area (Å²) < 4.78 is 40.2. The summed E-state index contributed by atoms with van der Waals surface area (Å²) in [5.74, 6) is -1.52. The SMILES string of the molecule is O=C(NCc1ccc(-c2ccccn2)cc1)C(=Cc1ccc(C(F)(F)F)cc1)[C@H](Cc1ccccc1)C(=O)N1CCN(Cc2ccccc2)CC1. The summed E-state index contributed by atoms with van der Waals surface area (Å²) in [7, 11) is 0. The van der Waals surface area contributed by atoms with Gasteiger partial charge in [0.05, 0.1) is 17.2 Å². The monoisotopic (exact) mass is 688 g/mol. The molecule has 0 aliphatic carbocycles. The van der Waals surface area contributed by atoms with Crippen LogP contribution in [-0.2, 0) is 35.3 Å². The van der Waals surface area contributed by atoms with Gasteiger partial charge in [-0.1, -0.05) is 103 Å². The van der Waals surface area contributed by atoms with Crippen LogP contribution >= 0.6 is 0 Å². The molecule has 0 saturated carbocycles. The number of piperazine rings is 1. The van der Waals surface area contributed by atoms with E-state index in [0.717, 1.165) is 41.1 Å². The van der Waals surface area contributed by atoms with Crippen LogP contribution in [0.25, 0.3) is 17.3 Å². The van der Waals surface area contributed by atoms with Crippen molar-refractivity contribution < 1.29 is 22.8 Å². The van der Waals surface area contributed by atoms with Gasteiger partial charge in [-0.25, -0.2) is 0 Å². The van der Waals surface area contributed by atoms with Crippen LogP contribution in [0.4, 0.5) is 13.2 Å². The predicted molar refractivity (Wildman–Crippen MR) is 193 cm³/mol. The Morgan fingerprint density at radius 2 is 1.35 bits per heavy atom. The fourth-order valence-electron chi connectivity index (χ4n) is 6.25. The summed E-state index contributed by atoms with van der Waals surface area (Å²) in [6.07, 6.45) is -0.964. The van der Waals surface area contributed by atoms with Crippen LogP contribution in [0.5, 0.6) is 0 Å². The van der Waals surface area contributed by atoms with Gasteiger partial charge < -0.3 is 10.2 Å². The van der Waals surface area contributed by atoms with E-state index in [9.17, 15) is 22.8 Å². The number of hydrogen-bond acceptors (Lipinski definition) is 4. The number of hydrogen-bond donors (Lipinski definition) is 1. The number of alkyl halides is 3. The van der Waals surface area contributed by atoms with Gasteiger partial charge in [0.1, 0.15) is 0 Å². The van der Waals surface area contributed by atoms with Crippen molar-refractivity contribution in [2.24, 2.45) is 5.92 Å². The van der Waals surface area contributed by atoms with Crippen LogP contribution in [0.2, 0.25) is 0 Å². The molecular formula is C42H39F3N4O2. The highest BCUT2D eigenvalue weighted by atomic mass is 19.4. The van der Waals surface area contributed by atoms with Gasteiger partial charge in [0.25, 0.3) is 0 Å². The number of rotatable bonds is 11. The third-order valence-electron chi connectivity index (χ3n) is 9.08. The third kappa shape index (κ3) is 9.58. The first-order valence-corrected chi connectivity index (χ1v) is 17.0. The van der Waals surface area contributed by atoms with Gasteiger partial charge in [-0.05, 0) is 59.0 Å². The summed E-state index contributed by atoms with van der Waals surface area (Å²) in [6, 6.07) is 37.7. The molecule has 1 fully saturated rings. The molecule has 2 amide bonds. The summed E-state index contributed by atoms with van der Waals surface area (Å²) in [5.41, 5.74) is 4.48. The molecule has 51 heavy (non-hydrogen) atoms. The number of carbonyl (C=O) groups is 2. The van der Waals surface area contributed by atoms with Crippen molar-refractivity contribution >= 4 is 17.9 Å². The average Bonchev–Trinajstić information content (AvgIpc) is 3.16. The van der Waals surface area contributed by atoms with Crippen LogP contribution in [0.15, 0.2) is 139 Å². The van der Waals surface area contributed by atoms with Gasteiger partial charge in [0.15, 0.2) is 0 Å². The van der Waals surface area contributed by atoms with Crippen molar-refractivity contribution in [2.75, 3.05) is 26.2 Å². The van der Waals surface area contributed by atoms with Crippen LogP contribution in [-0.4, -0.2) is 52.8 Å². The second-order valence-electron chi connectivity index (χ2n) is 12.6. The third-order valence-corrected chi connectivity index (χ3v) is 9.08. The quantitative estimate of drug-likeness (QED) is 0.145. The van der Waals surface area contributed by atoms with Gasteiger partial charge in [0.2, 0.25) is 11.8 Å². The minimum atomic E-state index is -4.50. The normalized spacial score (nSPS) is 14.6. The molecule has 1 aliphatic rings. The summed E-state index contributed by atoms with van der Waals surface area (Å²) in [4.78, 5) is 37.1. The molecule has 2 heterocycles. The van der Waals surface area contributed by atoms with E-state index in [4.69, 9.17) is 0 Å². The van der Waals surface area contributed by atoms with Crippen LogP contribution < -0.4 is 5.32 Å². The van der Waals surface area contributed by atoms with E-state index in [2.05, 4.69) is 27.3 Å². The smallest absolute Gasteiger partial charge is 0.348 e. The van der Waals surface area contributed by atoms with Crippen molar-refractivity contribution in [1.29, 1.82) is 0 Å². The van der Waals surface area contributed by atoms with Crippen molar-refractivity contribution in [3.05, 3.63) is 167 Å². The highest BCUT2D eigenvalue weighted by Gasteiger charge is 2.34. The van der Waals surface area contributed by atoms with Crippen LogP contribution in [0.3, 0.4) is 0 Å². The number of nitrogens with one attached hydrogen (secondary N) is 1. The summed E-state index contributed by atoms with van der Waals surface area (Å²) >= 11 is 0. The van der Waals surface area contributed by atoms with E-state index >= 15 is 0 Å². The maximum Gasteiger partial charge on any atom is 0.416 e. The van der Waals surface area contributed by atoms with Crippen molar-refractivity contribution in [1.82, 2.24) is 20.1 Å². The van der Waals surface area contributed by atoms with E-state index in [1.165, 1.54) is 17.7 Å². The Morgan fingerprint density at radius 1 is 0.725 bits per heavy atom. The molecule has 0 radical (unpaired) electrons. The molecule has 1 saturated heterocycles. The lowest BCUT2D eigenvalue weighted by Crippen LogP contribution is -2.51. The van der Waals surface area contributed by atoms with E-state index in [-0.39, 0.29) is 24.4 Å². The standard InChI is InChI=1S/C42H39F3N4O2/c43-42(44,45)36-20-16-32(17-21-36)27-37(40(50)47-29-33-14-18-35(19-15-33)39-13-7-8-22-46-39)38(28-31-9-3-1-4-10-31)41(51)49-25-23-48(24-26-49)30-34-11-5-2-6-12-34/h1-22,27,38H,23-26,28-30H2,(H,47,50)/t38-/m0/s1. The zero-order valence-corrected chi connectivity index (χ0v) is 28.1. The molecule has 260 valence electrons. The second-order valence-corrected chi connectivity index (χ2v) is 12.6. The summed E-state index contributed by atoms with van der Waals surface area (Å²) in [6.45, 7) is 3.31. The second kappa shape index (κ2) is 16.4. The van der Waals surface area contributed by atoms with Gasteiger partial charge in [-0.2, -0.15) is 13.2 Å². The highest BCUT2D eigenvalue weighted by molar-refractivity contribution is 6.04. The van der Waals surface area contributed by atoms with Crippen molar-refractivity contribution in [3.63, 3.8) is 0 Å². The molecular weight excluding hydrogens is 649 g/mol. The number of halogens is 3. The average molecular weight is 689 g/mol. The largest absolute Gasteiger partial charge is 0.416 e. The number of carbonyl (C=O) groups excluding carboxylic acids is 2. The van der Waals surface area contributed by atoms with E-state index in [1.807, 2.05) is 91.0 Å². The van der Waals surface area contributed by atoms with Gasteiger partial charge in [-0.3, -0.25) is 19.5 Å². The minimum absolute atomic E-state index is 0.189. The van der Waals surface area contributed by atoms with Crippen molar-refractivity contribution in [2.45, 2.75) is 25.7 Å². The first-order valence-electron chi connectivity index (χ1n) is 17.0. The number of pyridine rings is 1. The first kappa shape index (κ1) is 35.3. The fraction of sp³-hybridized carbons (Fsp3) is 0.214. The molecule has 0 unspecified atom stereocenters. The fourth-order valence-corrected chi connectivity index (χ4v) is 6.25. The van der Waals surface area contributed by atoms with Crippen molar-refractivity contribution in [3.8, 4) is 11.3 Å². The molecule has 0 bridgehead atoms. The zero-order chi connectivity index (χ0) is 35.6. The molecule has 1 aromatic heterocycles. The lowest BCUT2D eigenvalue weighted by Gasteiger charge is -2.37. The Kier molecular flexibility index (Phi) is 11.4. The number of aromatic nitrogens is 1. The number of benzene rings is 4. The molecule has 4 aromatic carbocycles. The lowest BCUT2D eigenvalue weighted by molar-refractivity contribution is -0.138. The topological polar surface area (TPSA) is 65.5 Å². The molecule has 1 N–H and O–H groups in total. The molecule has 1 atom stereocenters. The van der Waals surface area contributed by atoms with Gasteiger partial charge in [-0.15, -0.1) is 0 Å². The molecule has 0 spiro atoms. The Labute approximate surface area is 296 Å². The Morgan fingerprint density at radius 3 is 1.96 bits per heavy atom. The molecule has 6 nitrogen and oxygen atoms in total. The molecule has 1 aliphatic heterocycles. The first-order chi connectivity index (χ1) is 24.7. The Bertz CT molecular complexity index is 1910. The van der Waals surface area contributed by atoms with E-state index < -0.39 is 23.6 Å². The zero-order valence-electron chi connectivity index (χ0n) is 28.1. The Hall–Kier alpha value is -5.54. The highest BCUT2D eigenvalue weighted by Crippen LogP contribution is 2.30. The molecule has 6 rings (SSSR count). The van der Waals surface area contributed by atoms with Gasteiger partial charge >= 0.3 is 6.18 Å². The predicted octanol–water partition coefficient (Wildman–Crippen LogP) is 7.67. The molecule has 5 aromatic rings. The summed E-state index contributed by atoms with van der Waals surface area (Å²) in [5, 5.41) is 2.99. The van der Waals surface area contributed by atoms with Crippen LogP contribution in [0, 0.1) is 5.92 Å². The van der Waals surface area contributed by atoms with E-state index in [1.54, 1.807) is 17.2 Å². The minimum Gasteiger partial charge on any atom is -0.348 e. The van der Waals surface area contributed by atoms with Crippen LogP contribution in [0.1, 0.15) is 27.8 Å². The van der Waals surface area contributed by atoms with Gasteiger partial charge in [0, 0.05) is 56.6 Å². The number of nitrogens with zero attached hydrogens (tertiary/aromatic N) is 3. The van der Waals surface area contributed by atoms with E-state index in [0.29, 0.717) is 31.7 Å². The maximum atomic E-state index is 14.5. The maximum absolute atomic E-state index is 14.5. The molecule has 9 heteroatoms. The number of amides is 2. The lowest BCUT2D eigenvalue weighted by atomic mass is 9.88.